The first-order valence-electron chi connectivity index (χ1n) is 11.2. The fraction of sp³-hybridized carbons (Fsp3) is 0.308. The van der Waals surface area contributed by atoms with E-state index in [1.54, 1.807) is 13.4 Å². The molecule has 2 aliphatic rings. The molecule has 1 aromatic heterocycles. The van der Waals surface area contributed by atoms with Crippen LogP contribution in [0, 0.1) is 13.8 Å². The molecule has 0 spiro atoms. The number of amidine groups is 1. The summed E-state index contributed by atoms with van der Waals surface area (Å²) in [5.74, 6) is 1.55. The minimum atomic E-state index is -0.984. The molecule has 0 amide bonds. The van der Waals surface area contributed by atoms with E-state index < -0.39 is 5.72 Å². The fourth-order valence-electron chi connectivity index (χ4n) is 4.64. The normalized spacial score (nSPS) is 21.0. The first-order valence-corrected chi connectivity index (χ1v) is 11.2. The van der Waals surface area contributed by atoms with E-state index in [4.69, 9.17) is 9.57 Å². The Bertz CT molecular complexity index is 1250. The number of benzene rings is 2. The molecule has 0 saturated carbocycles. The maximum Gasteiger partial charge on any atom is 0.260 e. The zero-order valence-corrected chi connectivity index (χ0v) is 19.2. The number of aliphatic hydroxyl groups is 1. The molecule has 1 saturated heterocycles. The number of oxime groups is 1. The van der Waals surface area contributed by atoms with Gasteiger partial charge in [0.2, 0.25) is 0 Å². The zero-order chi connectivity index (χ0) is 23.0. The van der Waals surface area contributed by atoms with Crippen LogP contribution in [-0.2, 0) is 10.6 Å². The molecule has 3 heterocycles. The van der Waals surface area contributed by atoms with Crippen LogP contribution in [0.4, 0.5) is 0 Å². The van der Waals surface area contributed by atoms with Gasteiger partial charge in [0, 0.05) is 18.3 Å². The highest BCUT2D eigenvalue weighted by molar-refractivity contribution is 6.03. The lowest BCUT2D eigenvalue weighted by Gasteiger charge is -2.39. The van der Waals surface area contributed by atoms with Crippen molar-refractivity contribution < 1.29 is 14.7 Å². The van der Waals surface area contributed by atoms with Crippen molar-refractivity contribution in [2.75, 3.05) is 20.3 Å². The highest BCUT2D eigenvalue weighted by Gasteiger charge is 2.49. The Morgan fingerprint density at radius 1 is 1.21 bits per heavy atom. The van der Waals surface area contributed by atoms with Crippen molar-refractivity contribution in [1.29, 1.82) is 0 Å². The summed E-state index contributed by atoms with van der Waals surface area (Å²) in [5, 5.41) is 14.8. The van der Waals surface area contributed by atoms with Gasteiger partial charge in [-0.05, 0) is 62.1 Å². The summed E-state index contributed by atoms with van der Waals surface area (Å²) in [6, 6.07) is 14.2. The van der Waals surface area contributed by atoms with Gasteiger partial charge in [-0.1, -0.05) is 35.0 Å². The number of methoxy groups -OCH3 is 1. The summed E-state index contributed by atoms with van der Waals surface area (Å²) in [4.78, 5) is 12.4. The van der Waals surface area contributed by atoms with Crippen molar-refractivity contribution in [3.8, 4) is 11.4 Å². The predicted octanol–water partition coefficient (Wildman–Crippen LogP) is 4.17. The Labute approximate surface area is 193 Å². The standard InChI is InChI=1S/C26H28N4O3/c1-18-6-4-8-22(12-18)26(16-31)30-11-5-7-21(25(30)28-33-26)13-20-9-10-23(24(14-20)32-3)29-15-19(2)27-17-29/h4,6,8-10,12-15,17,31H,5,7,11,16H2,1-3H3/b21-13+. The SMILES string of the molecule is COc1cc(/C=C2\CCCN3C2=NOC3(CO)c2cccc(C)c2)ccc1-n1cnc(C)c1. The van der Waals surface area contributed by atoms with Crippen LogP contribution in [0.15, 0.2) is 65.7 Å². The number of imidazole rings is 1. The van der Waals surface area contributed by atoms with E-state index in [1.165, 1.54) is 0 Å². The average molecular weight is 445 g/mol. The van der Waals surface area contributed by atoms with E-state index in [1.807, 2.05) is 61.0 Å². The third kappa shape index (κ3) is 3.68. The van der Waals surface area contributed by atoms with Crippen molar-refractivity contribution in [2.24, 2.45) is 5.16 Å². The monoisotopic (exact) mass is 444 g/mol. The number of hydrogen-bond donors (Lipinski definition) is 1. The maximum absolute atomic E-state index is 10.4. The molecular formula is C26H28N4O3. The summed E-state index contributed by atoms with van der Waals surface area (Å²) in [7, 11) is 1.67. The molecule has 0 bridgehead atoms. The molecule has 2 aliphatic heterocycles. The maximum atomic E-state index is 10.4. The lowest BCUT2D eigenvalue weighted by Crippen LogP contribution is -2.51. The average Bonchev–Trinajstić information content (AvgIpc) is 3.44. The van der Waals surface area contributed by atoms with Gasteiger partial charge in [-0.15, -0.1) is 0 Å². The Morgan fingerprint density at radius 3 is 2.82 bits per heavy atom. The van der Waals surface area contributed by atoms with Gasteiger partial charge < -0.3 is 24.1 Å². The molecule has 7 nitrogen and oxygen atoms in total. The van der Waals surface area contributed by atoms with Crippen LogP contribution in [0.5, 0.6) is 5.75 Å². The second kappa shape index (κ2) is 8.41. The van der Waals surface area contributed by atoms with Gasteiger partial charge in [-0.25, -0.2) is 4.98 Å². The quantitative estimate of drug-likeness (QED) is 0.640. The number of nitrogens with zero attached hydrogens (tertiary/aromatic N) is 4. The van der Waals surface area contributed by atoms with E-state index in [0.717, 1.165) is 64.6 Å². The molecule has 33 heavy (non-hydrogen) atoms. The van der Waals surface area contributed by atoms with Crippen LogP contribution in [-0.4, -0.2) is 45.7 Å². The zero-order valence-electron chi connectivity index (χ0n) is 19.2. The Morgan fingerprint density at radius 2 is 2.09 bits per heavy atom. The molecule has 0 radical (unpaired) electrons. The largest absolute Gasteiger partial charge is 0.495 e. The van der Waals surface area contributed by atoms with Crippen molar-refractivity contribution in [2.45, 2.75) is 32.4 Å². The van der Waals surface area contributed by atoms with Crippen LogP contribution in [0.1, 0.15) is 35.2 Å². The van der Waals surface area contributed by atoms with Gasteiger partial charge >= 0.3 is 0 Å². The van der Waals surface area contributed by atoms with Gasteiger partial charge in [0.25, 0.3) is 5.72 Å². The second-order valence-electron chi connectivity index (χ2n) is 8.60. The molecule has 0 aliphatic carbocycles. The van der Waals surface area contributed by atoms with Crippen molar-refractivity contribution in [3.63, 3.8) is 0 Å². The van der Waals surface area contributed by atoms with Crippen LogP contribution >= 0.6 is 0 Å². The number of piperidine rings is 1. The third-order valence-corrected chi connectivity index (χ3v) is 6.31. The molecule has 1 atom stereocenters. The lowest BCUT2D eigenvalue weighted by atomic mass is 9.94. The molecule has 170 valence electrons. The summed E-state index contributed by atoms with van der Waals surface area (Å²) >= 11 is 0. The molecule has 3 aromatic rings. The predicted molar refractivity (Wildman–Crippen MR) is 127 cm³/mol. The number of aryl methyl sites for hydroxylation is 2. The van der Waals surface area contributed by atoms with Crippen molar-refractivity contribution in [1.82, 2.24) is 14.5 Å². The molecular weight excluding hydrogens is 416 g/mol. The lowest BCUT2D eigenvalue weighted by molar-refractivity contribution is -0.137. The van der Waals surface area contributed by atoms with Crippen LogP contribution in [0.25, 0.3) is 11.8 Å². The van der Waals surface area contributed by atoms with E-state index in [9.17, 15) is 5.11 Å². The molecule has 1 unspecified atom stereocenters. The molecule has 1 N–H and O–H groups in total. The minimum Gasteiger partial charge on any atom is -0.495 e. The summed E-state index contributed by atoms with van der Waals surface area (Å²) in [5.41, 5.74) is 5.03. The Kier molecular flexibility index (Phi) is 5.42. The van der Waals surface area contributed by atoms with E-state index in [2.05, 4.69) is 27.2 Å². The van der Waals surface area contributed by atoms with Gasteiger partial charge in [-0.3, -0.25) is 0 Å². The van der Waals surface area contributed by atoms with Crippen LogP contribution < -0.4 is 4.74 Å². The Hall–Kier alpha value is -3.58. The topological polar surface area (TPSA) is 72.1 Å². The first kappa shape index (κ1) is 21.3. The van der Waals surface area contributed by atoms with Crippen molar-refractivity contribution in [3.05, 3.63) is 82.9 Å². The highest BCUT2D eigenvalue weighted by Crippen LogP contribution is 2.40. The Balaban J connectivity index is 1.48. The molecule has 7 heteroatoms. The molecule has 2 aromatic carbocycles. The van der Waals surface area contributed by atoms with E-state index in [-0.39, 0.29) is 6.61 Å². The first-order chi connectivity index (χ1) is 16.0. The summed E-state index contributed by atoms with van der Waals surface area (Å²) in [6.07, 6.45) is 7.72. The number of rotatable bonds is 5. The number of ether oxygens (including phenoxy) is 1. The van der Waals surface area contributed by atoms with Gasteiger partial charge in [0.1, 0.15) is 12.4 Å². The van der Waals surface area contributed by atoms with Crippen molar-refractivity contribution >= 4 is 11.9 Å². The van der Waals surface area contributed by atoms with E-state index >= 15 is 0 Å². The fourth-order valence-corrected chi connectivity index (χ4v) is 4.64. The summed E-state index contributed by atoms with van der Waals surface area (Å²) < 4.78 is 7.63. The highest BCUT2D eigenvalue weighted by atomic mass is 16.7. The third-order valence-electron chi connectivity index (χ3n) is 6.31. The second-order valence-corrected chi connectivity index (χ2v) is 8.60. The minimum absolute atomic E-state index is 0.177. The van der Waals surface area contributed by atoms with Gasteiger partial charge in [0.15, 0.2) is 5.84 Å². The van der Waals surface area contributed by atoms with Gasteiger partial charge in [0.05, 0.1) is 24.8 Å². The number of fused-ring (bicyclic) bond motifs is 1. The number of aliphatic hydroxyl groups excluding tert-OH is 1. The molecule has 1 fully saturated rings. The van der Waals surface area contributed by atoms with Crippen LogP contribution in [0.2, 0.25) is 0 Å². The molecule has 5 rings (SSSR count). The number of aromatic nitrogens is 2. The van der Waals surface area contributed by atoms with Gasteiger partial charge in [-0.2, -0.15) is 0 Å². The summed E-state index contributed by atoms with van der Waals surface area (Å²) in [6.45, 7) is 4.59. The smallest absolute Gasteiger partial charge is 0.260 e. The van der Waals surface area contributed by atoms with Crippen LogP contribution in [0.3, 0.4) is 0 Å². The van der Waals surface area contributed by atoms with E-state index in [0.29, 0.717) is 0 Å². The number of hydrogen-bond acceptors (Lipinski definition) is 6.